The zero-order valence-corrected chi connectivity index (χ0v) is 24.9. The van der Waals surface area contributed by atoms with E-state index in [2.05, 4.69) is 50.2 Å². The molecule has 10 heteroatoms. The number of nitrogens with one attached hydrogen (secondary N) is 3. The van der Waals surface area contributed by atoms with Gasteiger partial charge < -0.3 is 19.5 Å². The minimum absolute atomic E-state index is 0.338. The highest BCUT2D eigenvalue weighted by Gasteiger charge is 2.08. The number of unbranched alkanes of at least 4 members (excludes halogenated alkanes) is 2. The standard InChI is InChI=1S/C33H39N7O3/c1-4-6-20-42-27-16-12-25(13-17-27)23-34-39-31-22-32(38-33(37-31)36-29-10-8-9-11-30(29)41-3)40-35-24-26-14-18-28(19-15-26)43-21-7-5-2/h8-19,22-24H,4-7,20-21H2,1-3H3,(H3,36,37,38,39,40). The Morgan fingerprint density at radius 3 is 1.70 bits per heavy atom. The van der Waals surface area contributed by atoms with E-state index in [0.717, 1.165) is 54.0 Å². The molecule has 0 radical (unpaired) electrons. The van der Waals surface area contributed by atoms with Gasteiger partial charge in [0.1, 0.15) is 17.2 Å². The number of hydrazone groups is 2. The molecule has 0 saturated heterocycles. The minimum Gasteiger partial charge on any atom is -0.495 e. The van der Waals surface area contributed by atoms with Crippen LogP contribution in [0.2, 0.25) is 0 Å². The highest BCUT2D eigenvalue weighted by atomic mass is 16.5. The zero-order valence-electron chi connectivity index (χ0n) is 24.9. The Bertz CT molecular complexity index is 1370. The number of anilines is 4. The van der Waals surface area contributed by atoms with E-state index < -0.39 is 0 Å². The summed E-state index contributed by atoms with van der Waals surface area (Å²) in [5.74, 6) is 3.62. The van der Waals surface area contributed by atoms with Crippen LogP contribution in [0, 0.1) is 0 Å². The lowest BCUT2D eigenvalue weighted by atomic mass is 10.2. The van der Waals surface area contributed by atoms with E-state index >= 15 is 0 Å². The van der Waals surface area contributed by atoms with E-state index in [4.69, 9.17) is 14.2 Å². The number of ether oxygens (including phenoxy) is 3. The molecule has 0 saturated carbocycles. The van der Waals surface area contributed by atoms with Gasteiger partial charge in [0.05, 0.1) is 38.4 Å². The summed E-state index contributed by atoms with van der Waals surface area (Å²) in [5, 5.41) is 11.9. The first kappa shape index (κ1) is 30.8. The molecule has 0 atom stereocenters. The van der Waals surface area contributed by atoms with Gasteiger partial charge in [0.2, 0.25) is 5.95 Å². The average Bonchev–Trinajstić information content (AvgIpc) is 3.03. The predicted octanol–water partition coefficient (Wildman–Crippen LogP) is 7.48. The number of hydrogen-bond acceptors (Lipinski definition) is 10. The first-order valence-corrected chi connectivity index (χ1v) is 14.5. The normalized spacial score (nSPS) is 11.0. The second-order valence-corrected chi connectivity index (χ2v) is 9.57. The Kier molecular flexibility index (Phi) is 12.2. The average molecular weight is 582 g/mol. The van der Waals surface area contributed by atoms with Gasteiger partial charge in [0.25, 0.3) is 0 Å². The molecule has 43 heavy (non-hydrogen) atoms. The van der Waals surface area contributed by atoms with Gasteiger partial charge in [0, 0.05) is 6.07 Å². The van der Waals surface area contributed by atoms with Crippen LogP contribution in [0.1, 0.15) is 50.7 Å². The molecule has 0 aliphatic carbocycles. The predicted molar refractivity (Wildman–Crippen MR) is 174 cm³/mol. The van der Waals surface area contributed by atoms with E-state index in [1.165, 1.54) is 0 Å². The molecule has 0 aliphatic rings. The lowest BCUT2D eigenvalue weighted by Gasteiger charge is -2.11. The van der Waals surface area contributed by atoms with E-state index in [9.17, 15) is 0 Å². The van der Waals surface area contributed by atoms with E-state index in [1.54, 1.807) is 25.6 Å². The maximum Gasteiger partial charge on any atom is 0.231 e. The van der Waals surface area contributed by atoms with E-state index in [0.29, 0.717) is 36.5 Å². The van der Waals surface area contributed by atoms with Gasteiger partial charge in [-0.2, -0.15) is 20.2 Å². The number of para-hydroxylation sites is 2. The van der Waals surface area contributed by atoms with Crippen LogP contribution in [-0.2, 0) is 0 Å². The molecular weight excluding hydrogens is 542 g/mol. The number of nitrogens with zero attached hydrogens (tertiary/aromatic N) is 4. The highest BCUT2D eigenvalue weighted by Crippen LogP contribution is 2.27. The van der Waals surface area contributed by atoms with Gasteiger partial charge >= 0.3 is 0 Å². The summed E-state index contributed by atoms with van der Waals surface area (Å²) in [5.41, 5.74) is 8.54. The van der Waals surface area contributed by atoms with Crippen molar-refractivity contribution in [1.29, 1.82) is 0 Å². The van der Waals surface area contributed by atoms with Crippen molar-refractivity contribution < 1.29 is 14.2 Å². The molecule has 1 aromatic heterocycles. The molecule has 0 bridgehead atoms. The van der Waals surface area contributed by atoms with Crippen LogP contribution in [0.4, 0.5) is 23.3 Å². The summed E-state index contributed by atoms with van der Waals surface area (Å²) in [6.07, 6.45) is 7.69. The monoisotopic (exact) mass is 581 g/mol. The molecular formula is C33H39N7O3. The number of benzene rings is 3. The molecule has 1 heterocycles. The van der Waals surface area contributed by atoms with Gasteiger partial charge in [-0.3, -0.25) is 10.9 Å². The third kappa shape index (κ3) is 10.3. The first-order chi connectivity index (χ1) is 21.2. The van der Waals surface area contributed by atoms with Gasteiger partial charge in [-0.1, -0.05) is 38.8 Å². The lowest BCUT2D eigenvalue weighted by Crippen LogP contribution is -2.05. The van der Waals surface area contributed by atoms with Crippen LogP contribution < -0.4 is 30.4 Å². The summed E-state index contributed by atoms with van der Waals surface area (Å²) in [7, 11) is 1.61. The van der Waals surface area contributed by atoms with Crippen LogP contribution >= 0.6 is 0 Å². The van der Waals surface area contributed by atoms with Crippen molar-refractivity contribution in [3.63, 3.8) is 0 Å². The third-order valence-electron chi connectivity index (χ3n) is 6.16. The maximum absolute atomic E-state index is 5.73. The van der Waals surface area contributed by atoms with Gasteiger partial charge in [-0.05, 0) is 84.6 Å². The number of hydrogen-bond donors (Lipinski definition) is 3. The Labute approximate surface area is 253 Å². The fourth-order valence-corrected chi connectivity index (χ4v) is 3.80. The van der Waals surface area contributed by atoms with E-state index in [1.807, 2.05) is 72.8 Å². The van der Waals surface area contributed by atoms with Crippen molar-refractivity contribution in [2.75, 3.05) is 36.5 Å². The molecule has 224 valence electrons. The quantitative estimate of drug-likeness (QED) is 0.0668. The van der Waals surface area contributed by atoms with Crippen LogP contribution in [0.15, 0.2) is 89.1 Å². The maximum atomic E-state index is 5.73. The third-order valence-corrected chi connectivity index (χ3v) is 6.16. The van der Waals surface area contributed by atoms with Crippen LogP contribution in [0.25, 0.3) is 0 Å². The number of rotatable bonds is 17. The summed E-state index contributed by atoms with van der Waals surface area (Å²) in [4.78, 5) is 9.14. The van der Waals surface area contributed by atoms with Gasteiger partial charge in [0.15, 0.2) is 11.6 Å². The second kappa shape index (κ2) is 17.0. The molecule has 0 aliphatic heterocycles. The summed E-state index contributed by atoms with van der Waals surface area (Å²) in [6.45, 7) is 5.71. The second-order valence-electron chi connectivity index (χ2n) is 9.57. The molecule has 10 nitrogen and oxygen atoms in total. The van der Waals surface area contributed by atoms with Crippen molar-refractivity contribution in [1.82, 2.24) is 9.97 Å². The topological polar surface area (TPSA) is 114 Å². The summed E-state index contributed by atoms with van der Waals surface area (Å²) in [6, 6.07) is 24.8. The molecule has 0 unspecified atom stereocenters. The first-order valence-electron chi connectivity index (χ1n) is 14.5. The Hall–Kier alpha value is -5.12. The number of aromatic nitrogens is 2. The van der Waals surface area contributed by atoms with Crippen molar-refractivity contribution in [3.05, 3.63) is 90.0 Å². The molecule has 4 rings (SSSR count). The van der Waals surface area contributed by atoms with Crippen LogP contribution in [-0.4, -0.2) is 42.7 Å². The summed E-state index contributed by atoms with van der Waals surface area (Å²) >= 11 is 0. The minimum atomic E-state index is 0.338. The molecule has 0 fully saturated rings. The van der Waals surface area contributed by atoms with Gasteiger partial charge in [-0.15, -0.1) is 0 Å². The largest absolute Gasteiger partial charge is 0.495 e. The van der Waals surface area contributed by atoms with Crippen molar-refractivity contribution in [2.24, 2.45) is 10.2 Å². The Morgan fingerprint density at radius 1 is 0.698 bits per heavy atom. The molecule has 3 N–H and O–H groups in total. The fourth-order valence-electron chi connectivity index (χ4n) is 3.80. The van der Waals surface area contributed by atoms with Crippen molar-refractivity contribution >= 4 is 35.7 Å². The smallest absolute Gasteiger partial charge is 0.231 e. The van der Waals surface area contributed by atoms with Crippen molar-refractivity contribution in [2.45, 2.75) is 39.5 Å². The highest BCUT2D eigenvalue weighted by molar-refractivity contribution is 5.81. The number of methoxy groups -OCH3 is 1. The zero-order chi connectivity index (χ0) is 30.1. The van der Waals surface area contributed by atoms with Crippen molar-refractivity contribution in [3.8, 4) is 17.2 Å². The molecule has 4 aromatic rings. The van der Waals surface area contributed by atoms with Crippen LogP contribution in [0.5, 0.6) is 17.2 Å². The molecule has 0 spiro atoms. The SMILES string of the molecule is CCCCOc1ccc(C=NNc2cc(NN=Cc3ccc(OCCCC)cc3)nc(Nc3ccccc3OC)n2)cc1. The Morgan fingerprint density at radius 2 is 1.21 bits per heavy atom. The Balaban J connectivity index is 1.45. The molecule has 0 amide bonds. The fraction of sp³-hybridized carbons (Fsp3) is 0.273. The van der Waals surface area contributed by atoms with Crippen LogP contribution in [0.3, 0.4) is 0 Å². The molecule has 3 aromatic carbocycles. The van der Waals surface area contributed by atoms with E-state index in [-0.39, 0.29) is 0 Å². The summed E-state index contributed by atoms with van der Waals surface area (Å²) < 4.78 is 16.9. The lowest BCUT2D eigenvalue weighted by molar-refractivity contribution is 0.309. The van der Waals surface area contributed by atoms with Gasteiger partial charge in [-0.25, -0.2) is 0 Å².